The van der Waals surface area contributed by atoms with Crippen molar-refractivity contribution in [3.63, 3.8) is 0 Å². The van der Waals surface area contributed by atoms with Gasteiger partial charge in [0.05, 0.1) is 5.52 Å². The number of nitrogens with zero attached hydrogens (tertiary/aromatic N) is 3. The summed E-state index contributed by atoms with van der Waals surface area (Å²) in [6.07, 6.45) is 5.42. The number of hydrogen-bond donors (Lipinski definition) is 1. The van der Waals surface area contributed by atoms with Gasteiger partial charge in [0.15, 0.2) is 0 Å². The molecular weight excluding hydrogens is 491 g/mol. The first-order valence-electron chi connectivity index (χ1n) is 9.59. The quantitative estimate of drug-likeness (QED) is 0.439. The average molecular weight is 515 g/mol. The molecule has 0 spiro atoms. The number of piperidine rings is 1. The zero-order chi connectivity index (χ0) is 20.1. The Morgan fingerprint density at radius 3 is 2.61 bits per heavy atom. The lowest BCUT2D eigenvalue weighted by Crippen LogP contribution is -2.51. The van der Waals surface area contributed by atoms with Crippen molar-refractivity contribution in [2.24, 2.45) is 0 Å². The second-order valence-corrected chi connectivity index (χ2v) is 10.2. The lowest BCUT2D eigenvalue weighted by molar-refractivity contribution is 0.00683. The molecule has 2 unspecified atom stereocenters. The number of hydrogen-bond acceptors (Lipinski definition) is 5. The maximum absolute atomic E-state index is 12.6. The van der Waals surface area contributed by atoms with Crippen LogP contribution in [0, 0.1) is 3.57 Å². The fourth-order valence-electron chi connectivity index (χ4n) is 4.28. The van der Waals surface area contributed by atoms with Gasteiger partial charge in [-0.1, -0.05) is 11.6 Å². The first-order chi connectivity index (χ1) is 13.2. The Balaban J connectivity index is 1.53. The maximum Gasteiger partial charge on any atom is 0.410 e. The highest BCUT2D eigenvalue weighted by molar-refractivity contribution is 14.1. The standard InChI is InChI=1S/C20H24ClIN4O2/c1-20(2,3)28-19(27)26-13-4-5-14(26)8-12(7-13)24-18-15-6-11(22)10-23-16(15)9-17(21)25-18/h6,9-10,12-14H,4-5,7-8H2,1-3H3,(H,24,25). The third kappa shape index (κ3) is 4.15. The lowest BCUT2D eigenvalue weighted by atomic mass is 9.97. The average Bonchev–Trinajstić information content (AvgIpc) is 2.85. The van der Waals surface area contributed by atoms with Gasteiger partial charge in [0.25, 0.3) is 0 Å². The van der Waals surface area contributed by atoms with E-state index in [1.807, 2.05) is 31.9 Å². The molecule has 4 heterocycles. The summed E-state index contributed by atoms with van der Waals surface area (Å²) >= 11 is 8.47. The number of ether oxygens (including phenoxy) is 1. The molecule has 28 heavy (non-hydrogen) atoms. The van der Waals surface area contributed by atoms with E-state index in [-0.39, 0.29) is 24.2 Å². The van der Waals surface area contributed by atoms with Gasteiger partial charge in [-0.2, -0.15) is 0 Å². The van der Waals surface area contributed by atoms with E-state index in [9.17, 15) is 4.79 Å². The minimum atomic E-state index is -0.473. The summed E-state index contributed by atoms with van der Waals surface area (Å²) in [4.78, 5) is 23.6. The van der Waals surface area contributed by atoms with Crippen LogP contribution in [0.25, 0.3) is 10.9 Å². The minimum Gasteiger partial charge on any atom is -0.444 e. The molecule has 2 fully saturated rings. The Morgan fingerprint density at radius 2 is 1.96 bits per heavy atom. The summed E-state index contributed by atoms with van der Waals surface area (Å²) in [6, 6.07) is 4.50. The Hall–Kier alpha value is -1.35. The first-order valence-corrected chi connectivity index (χ1v) is 11.0. The first kappa shape index (κ1) is 19.9. The highest BCUT2D eigenvalue weighted by atomic mass is 127. The Labute approximate surface area is 183 Å². The zero-order valence-electron chi connectivity index (χ0n) is 16.2. The van der Waals surface area contributed by atoms with Crippen LogP contribution in [-0.2, 0) is 4.74 Å². The molecule has 2 aromatic rings. The zero-order valence-corrected chi connectivity index (χ0v) is 19.1. The predicted molar refractivity (Wildman–Crippen MR) is 119 cm³/mol. The van der Waals surface area contributed by atoms with E-state index in [1.54, 1.807) is 6.07 Å². The van der Waals surface area contributed by atoms with E-state index in [2.05, 4.69) is 43.9 Å². The molecule has 2 saturated heterocycles. The summed E-state index contributed by atoms with van der Waals surface area (Å²) < 4.78 is 6.68. The monoisotopic (exact) mass is 514 g/mol. The van der Waals surface area contributed by atoms with Gasteiger partial charge in [-0.05, 0) is 75.1 Å². The summed E-state index contributed by atoms with van der Waals surface area (Å²) in [5.74, 6) is 0.767. The Kier molecular flexibility index (Phi) is 5.33. The van der Waals surface area contributed by atoms with E-state index in [0.29, 0.717) is 5.15 Å². The molecule has 8 heteroatoms. The number of halogens is 2. The van der Waals surface area contributed by atoms with Crippen LogP contribution in [-0.4, -0.2) is 44.7 Å². The number of fused-ring (bicyclic) bond motifs is 3. The van der Waals surface area contributed by atoms with Gasteiger partial charge in [0, 0.05) is 39.3 Å². The molecule has 0 saturated carbocycles. The number of pyridine rings is 2. The van der Waals surface area contributed by atoms with Crippen molar-refractivity contribution in [2.75, 3.05) is 5.32 Å². The van der Waals surface area contributed by atoms with Gasteiger partial charge in [-0.25, -0.2) is 9.78 Å². The predicted octanol–water partition coefficient (Wildman–Crippen LogP) is 5.23. The largest absolute Gasteiger partial charge is 0.444 e. The topological polar surface area (TPSA) is 67.3 Å². The van der Waals surface area contributed by atoms with Gasteiger partial charge in [0.1, 0.15) is 16.6 Å². The molecule has 1 amide bonds. The van der Waals surface area contributed by atoms with Gasteiger partial charge in [0.2, 0.25) is 0 Å². The number of carbonyl (C=O) groups is 1. The van der Waals surface area contributed by atoms with Crippen molar-refractivity contribution in [3.05, 3.63) is 27.1 Å². The van der Waals surface area contributed by atoms with Crippen LogP contribution in [0.5, 0.6) is 0 Å². The number of rotatable bonds is 2. The van der Waals surface area contributed by atoms with Gasteiger partial charge in [-0.3, -0.25) is 4.98 Å². The van der Waals surface area contributed by atoms with E-state index in [1.165, 1.54) is 0 Å². The van der Waals surface area contributed by atoms with E-state index >= 15 is 0 Å². The SMILES string of the molecule is CC(C)(C)OC(=O)N1C2CCC1CC(Nc1nc(Cl)cc3ncc(I)cc13)C2. The van der Waals surface area contributed by atoms with E-state index in [4.69, 9.17) is 16.3 Å². The summed E-state index contributed by atoms with van der Waals surface area (Å²) in [6.45, 7) is 5.73. The molecule has 1 N–H and O–H groups in total. The maximum atomic E-state index is 12.6. The van der Waals surface area contributed by atoms with Crippen molar-refractivity contribution >= 4 is 57.0 Å². The number of amides is 1. The number of anilines is 1. The molecule has 4 rings (SSSR count). The summed E-state index contributed by atoms with van der Waals surface area (Å²) in [5, 5.41) is 4.98. The number of carbonyl (C=O) groups excluding carboxylic acids is 1. The molecule has 2 bridgehead atoms. The fraction of sp³-hybridized carbons (Fsp3) is 0.550. The second-order valence-electron chi connectivity index (χ2n) is 8.60. The van der Waals surface area contributed by atoms with E-state index in [0.717, 1.165) is 46.0 Å². The van der Waals surface area contributed by atoms with E-state index < -0.39 is 5.60 Å². The van der Waals surface area contributed by atoms with Crippen LogP contribution in [0.1, 0.15) is 46.5 Å². The smallest absolute Gasteiger partial charge is 0.410 e. The van der Waals surface area contributed by atoms with Crippen LogP contribution >= 0.6 is 34.2 Å². The normalized spacial score (nSPS) is 24.5. The van der Waals surface area contributed by atoms with Crippen molar-refractivity contribution in [1.82, 2.24) is 14.9 Å². The Bertz CT molecular complexity index is 903. The van der Waals surface area contributed by atoms with Gasteiger partial charge in [-0.15, -0.1) is 0 Å². The van der Waals surface area contributed by atoms with Crippen LogP contribution < -0.4 is 5.32 Å². The third-order valence-corrected chi connectivity index (χ3v) is 6.08. The van der Waals surface area contributed by atoms with Crippen molar-refractivity contribution < 1.29 is 9.53 Å². The van der Waals surface area contributed by atoms with Gasteiger partial charge < -0.3 is 15.0 Å². The van der Waals surface area contributed by atoms with Gasteiger partial charge >= 0.3 is 6.09 Å². The molecule has 0 aliphatic carbocycles. The highest BCUT2D eigenvalue weighted by Crippen LogP contribution is 2.38. The molecule has 2 aliphatic heterocycles. The molecule has 2 aromatic heterocycles. The number of nitrogens with one attached hydrogen (secondary N) is 1. The number of aromatic nitrogens is 2. The van der Waals surface area contributed by atoms with Crippen LogP contribution in [0.4, 0.5) is 10.6 Å². The second kappa shape index (κ2) is 7.48. The highest BCUT2D eigenvalue weighted by Gasteiger charge is 2.45. The molecule has 2 atom stereocenters. The molecule has 0 aromatic carbocycles. The Morgan fingerprint density at radius 1 is 1.29 bits per heavy atom. The van der Waals surface area contributed by atoms with Crippen LogP contribution in [0.15, 0.2) is 18.3 Å². The van der Waals surface area contributed by atoms with Crippen molar-refractivity contribution in [1.29, 1.82) is 0 Å². The van der Waals surface area contributed by atoms with Crippen LogP contribution in [0.3, 0.4) is 0 Å². The molecule has 0 radical (unpaired) electrons. The molecule has 6 nitrogen and oxygen atoms in total. The third-order valence-electron chi connectivity index (χ3n) is 5.29. The van der Waals surface area contributed by atoms with Crippen molar-refractivity contribution in [3.8, 4) is 0 Å². The molecule has 150 valence electrons. The van der Waals surface area contributed by atoms with Crippen molar-refractivity contribution in [2.45, 2.75) is 70.2 Å². The fourth-order valence-corrected chi connectivity index (χ4v) is 4.92. The summed E-state index contributed by atoms with van der Waals surface area (Å²) in [5.41, 5.74) is 0.358. The molecular formula is C20H24ClIN4O2. The lowest BCUT2D eigenvalue weighted by Gasteiger charge is -2.39. The van der Waals surface area contributed by atoms with Crippen LogP contribution in [0.2, 0.25) is 5.15 Å². The minimum absolute atomic E-state index is 0.191. The molecule has 2 aliphatic rings. The summed E-state index contributed by atoms with van der Waals surface area (Å²) in [7, 11) is 0.